The Kier molecular flexibility index (Phi) is 5.36. The van der Waals surface area contributed by atoms with Gasteiger partial charge in [-0.2, -0.15) is 0 Å². The maximum atomic E-state index is 11.7. The summed E-state index contributed by atoms with van der Waals surface area (Å²) in [6.07, 6.45) is 1.77. The molecule has 0 aliphatic carbocycles. The Balaban J connectivity index is 2.40. The number of ketones is 1. The number of carboxylic acid groups (broad SMARTS) is 1. The molecule has 2 N–H and O–H groups in total. The van der Waals surface area contributed by atoms with E-state index < -0.39 is 5.97 Å². The molecule has 0 fully saturated rings. The summed E-state index contributed by atoms with van der Waals surface area (Å²) >= 11 is 0. The molecule has 0 bridgehead atoms. The minimum Gasteiger partial charge on any atom is -0.508 e. The first-order valence-electron chi connectivity index (χ1n) is 6.01. The molecule has 18 heavy (non-hydrogen) atoms. The van der Waals surface area contributed by atoms with E-state index in [0.29, 0.717) is 24.8 Å². The first kappa shape index (κ1) is 14.2. The van der Waals surface area contributed by atoms with E-state index in [-0.39, 0.29) is 24.4 Å². The molecule has 0 heterocycles. The zero-order valence-electron chi connectivity index (χ0n) is 10.5. The number of hydrogen-bond acceptors (Lipinski definition) is 3. The average Bonchev–Trinajstić information content (AvgIpc) is 2.29. The number of benzene rings is 1. The molecule has 1 aromatic rings. The molecule has 0 aliphatic rings. The summed E-state index contributed by atoms with van der Waals surface area (Å²) in [4.78, 5) is 22.0. The second-order valence-electron chi connectivity index (χ2n) is 4.45. The van der Waals surface area contributed by atoms with E-state index >= 15 is 0 Å². The van der Waals surface area contributed by atoms with E-state index in [0.717, 1.165) is 5.56 Å². The third kappa shape index (κ3) is 4.99. The summed E-state index contributed by atoms with van der Waals surface area (Å²) in [5, 5.41) is 18.1. The average molecular weight is 250 g/mol. The number of Topliss-reactive ketones (excluding diaryl/α,β-unsaturated/α-hetero) is 1. The molecule has 4 nitrogen and oxygen atoms in total. The number of carbonyl (C=O) groups excluding carboxylic acids is 1. The van der Waals surface area contributed by atoms with Gasteiger partial charge in [0, 0.05) is 24.8 Å². The molecule has 1 rings (SSSR count). The van der Waals surface area contributed by atoms with Crippen LogP contribution in [0.25, 0.3) is 0 Å². The van der Waals surface area contributed by atoms with Gasteiger partial charge in [0.15, 0.2) is 0 Å². The normalized spacial score (nSPS) is 10.3. The first-order valence-corrected chi connectivity index (χ1v) is 6.01. The SMILES string of the molecule is Cc1ccc(O)c(CC(=O)CCCCC(=O)O)c1. The van der Waals surface area contributed by atoms with Crippen LogP contribution >= 0.6 is 0 Å². The van der Waals surface area contributed by atoms with Crippen molar-refractivity contribution in [3.8, 4) is 5.75 Å². The molecule has 0 radical (unpaired) electrons. The Morgan fingerprint density at radius 3 is 2.50 bits per heavy atom. The number of aliphatic carboxylic acids is 1. The van der Waals surface area contributed by atoms with E-state index in [1.165, 1.54) is 0 Å². The highest BCUT2D eigenvalue weighted by Gasteiger charge is 2.08. The topological polar surface area (TPSA) is 74.6 Å². The second kappa shape index (κ2) is 6.79. The summed E-state index contributed by atoms with van der Waals surface area (Å²) in [6.45, 7) is 1.90. The maximum absolute atomic E-state index is 11.7. The van der Waals surface area contributed by atoms with Crippen molar-refractivity contribution in [1.29, 1.82) is 0 Å². The number of phenolic OH excluding ortho intramolecular Hbond substituents is 1. The molecule has 0 unspecified atom stereocenters. The fraction of sp³-hybridized carbons (Fsp3) is 0.429. The lowest BCUT2D eigenvalue weighted by molar-refractivity contribution is -0.137. The predicted molar refractivity (Wildman–Crippen MR) is 67.7 cm³/mol. The number of hydrogen-bond donors (Lipinski definition) is 2. The van der Waals surface area contributed by atoms with Crippen LogP contribution in [0.4, 0.5) is 0 Å². The van der Waals surface area contributed by atoms with Gasteiger partial charge in [0.05, 0.1) is 0 Å². The van der Waals surface area contributed by atoms with Crippen LogP contribution in [0.2, 0.25) is 0 Å². The van der Waals surface area contributed by atoms with Gasteiger partial charge >= 0.3 is 5.97 Å². The summed E-state index contributed by atoms with van der Waals surface area (Å²) in [5.41, 5.74) is 1.64. The Labute approximate surface area is 106 Å². The summed E-state index contributed by atoms with van der Waals surface area (Å²) < 4.78 is 0. The molecule has 0 aromatic heterocycles. The van der Waals surface area contributed by atoms with Gasteiger partial charge in [0.2, 0.25) is 0 Å². The van der Waals surface area contributed by atoms with Crippen molar-refractivity contribution < 1.29 is 19.8 Å². The van der Waals surface area contributed by atoms with Crippen LogP contribution in [0.3, 0.4) is 0 Å². The molecule has 0 amide bonds. The van der Waals surface area contributed by atoms with Gasteiger partial charge in [-0.05, 0) is 25.8 Å². The van der Waals surface area contributed by atoms with Crippen molar-refractivity contribution >= 4 is 11.8 Å². The monoisotopic (exact) mass is 250 g/mol. The van der Waals surface area contributed by atoms with Crippen LogP contribution in [0.5, 0.6) is 5.75 Å². The highest BCUT2D eigenvalue weighted by atomic mass is 16.4. The lowest BCUT2D eigenvalue weighted by Crippen LogP contribution is -2.04. The fourth-order valence-corrected chi connectivity index (χ4v) is 1.76. The van der Waals surface area contributed by atoms with E-state index in [2.05, 4.69) is 0 Å². The van der Waals surface area contributed by atoms with Crippen LogP contribution < -0.4 is 0 Å². The summed E-state index contributed by atoms with van der Waals surface area (Å²) in [7, 11) is 0. The van der Waals surface area contributed by atoms with Crippen LogP contribution in [-0.4, -0.2) is 22.0 Å². The van der Waals surface area contributed by atoms with Gasteiger partial charge in [-0.25, -0.2) is 0 Å². The Hall–Kier alpha value is -1.84. The summed E-state index contributed by atoms with van der Waals surface area (Å²) in [6, 6.07) is 5.17. The van der Waals surface area contributed by atoms with E-state index in [9.17, 15) is 14.7 Å². The molecule has 4 heteroatoms. The van der Waals surface area contributed by atoms with Gasteiger partial charge in [-0.3, -0.25) is 9.59 Å². The number of carboxylic acids is 1. The van der Waals surface area contributed by atoms with Crippen molar-refractivity contribution in [3.05, 3.63) is 29.3 Å². The van der Waals surface area contributed by atoms with Gasteiger partial charge in [-0.15, -0.1) is 0 Å². The van der Waals surface area contributed by atoms with Gasteiger partial charge in [0.25, 0.3) is 0 Å². The highest BCUT2D eigenvalue weighted by Crippen LogP contribution is 2.19. The Bertz CT molecular complexity index is 437. The zero-order chi connectivity index (χ0) is 13.5. The molecular formula is C14H18O4. The molecule has 0 saturated heterocycles. The van der Waals surface area contributed by atoms with Crippen molar-refractivity contribution in [2.75, 3.05) is 0 Å². The van der Waals surface area contributed by atoms with E-state index in [1.54, 1.807) is 18.2 Å². The largest absolute Gasteiger partial charge is 0.508 e. The lowest BCUT2D eigenvalue weighted by atomic mass is 10.0. The molecule has 0 spiro atoms. The highest BCUT2D eigenvalue weighted by molar-refractivity contribution is 5.81. The van der Waals surface area contributed by atoms with Crippen molar-refractivity contribution in [2.24, 2.45) is 0 Å². The minimum absolute atomic E-state index is 0.0290. The van der Waals surface area contributed by atoms with Gasteiger partial charge in [0.1, 0.15) is 11.5 Å². The number of unbranched alkanes of at least 4 members (excludes halogenated alkanes) is 1. The van der Waals surface area contributed by atoms with Gasteiger partial charge < -0.3 is 10.2 Å². The quantitative estimate of drug-likeness (QED) is 0.729. The standard InChI is InChI=1S/C14H18O4/c1-10-6-7-13(16)11(8-10)9-12(15)4-2-3-5-14(17)18/h6-8,16H,2-5,9H2,1H3,(H,17,18). The second-order valence-corrected chi connectivity index (χ2v) is 4.45. The Morgan fingerprint density at radius 2 is 1.83 bits per heavy atom. The van der Waals surface area contributed by atoms with Crippen LogP contribution in [-0.2, 0) is 16.0 Å². The number of aromatic hydroxyl groups is 1. The third-order valence-electron chi connectivity index (χ3n) is 2.72. The fourth-order valence-electron chi connectivity index (χ4n) is 1.76. The van der Waals surface area contributed by atoms with E-state index in [4.69, 9.17) is 5.11 Å². The third-order valence-corrected chi connectivity index (χ3v) is 2.72. The zero-order valence-corrected chi connectivity index (χ0v) is 10.5. The smallest absolute Gasteiger partial charge is 0.303 e. The first-order chi connectivity index (χ1) is 8.49. The number of phenols is 1. The van der Waals surface area contributed by atoms with E-state index in [1.807, 2.05) is 6.92 Å². The van der Waals surface area contributed by atoms with Gasteiger partial charge in [-0.1, -0.05) is 17.7 Å². The molecular weight excluding hydrogens is 232 g/mol. The van der Waals surface area contributed by atoms with Crippen LogP contribution in [0.1, 0.15) is 36.8 Å². The molecule has 0 atom stereocenters. The van der Waals surface area contributed by atoms with Crippen molar-refractivity contribution in [3.63, 3.8) is 0 Å². The minimum atomic E-state index is -0.834. The Morgan fingerprint density at radius 1 is 1.17 bits per heavy atom. The number of aryl methyl sites for hydroxylation is 1. The number of carbonyl (C=O) groups is 2. The van der Waals surface area contributed by atoms with Crippen molar-refractivity contribution in [1.82, 2.24) is 0 Å². The molecule has 0 saturated carbocycles. The maximum Gasteiger partial charge on any atom is 0.303 e. The molecule has 98 valence electrons. The molecule has 1 aromatic carbocycles. The molecule has 0 aliphatic heterocycles. The summed E-state index contributed by atoms with van der Waals surface area (Å²) in [5.74, 6) is -0.667. The van der Waals surface area contributed by atoms with Crippen molar-refractivity contribution in [2.45, 2.75) is 39.0 Å². The lowest BCUT2D eigenvalue weighted by Gasteiger charge is -2.05. The van der Waals surface area contributed by atoms with Crippen LogP contribution in [0, 0.1) is 6.92 Å². The number of rotatable bonds is 7. The van der Waals surface area contributed by atoms with Crippen LogP contribution in [0.15, 0.2) is 18.2 Å². The predicted octanol–water partition coefficient (Wildman–Crippen LogP) is 2.46.